The van der Waals surface area contributed by atoms with Gasteiger partial charge in [-0.15, -0.1) is 0 Å². The molecule has 0 aromatic carbocycles. The summed E-state index contributed by atoms with van der Waals surface area (Å²) in [5.41, 5.74) is 2.42. The van der Waals surface area contributed by atoms with E-state index in [1.54, 1.807) is 4.90 Å². The van der Waals surface area contributed by atoms with Gasteiger partial charge in [-0.25, -0.2) is 4.79 Å². The molecule has 1 N–H and O–H groups in total. The van der Waals surface area contributed by atoms with Gasteiger partial charge in [-0.3, -0.25) is 4.68 Å². The van der Waals surface area contributed by atoms with Crippen LogP contribution in [-0.4, -0.2) is 65.9 Å². The number of hydrogen-bond donors (Lipinski definition) is 1. The van der Waals surface area contributed by atoms with E-state index in [1.807, 2.05) is 18.7 Å². The standard InChI is InChI=1S/C17H31N5O/c1-14-11-15(2)22(19-14)9-6-8-21(5)16(23)18-12-17(3)7-10-20(4)13-17/h11H,6-10,12-13H2,1-5H3,(H,18,23). The topological polar surface area (TPSA) is 53.4 Å². The molecule has 0 saturated carbocycles. The molecule has 2 amide bonds. The van der Waals surface area contributed by atoms with Gasteiger partial charge in [0.2, 0.25) is 0 Å². The molecule has 23 heavy (non-hydrogen) atoms. The smallest absolute Gasteiger partial charge is 0.317 e. The lowest BCUT2D eigenvalue weighted by Gasteiger charge is -2.26. The van der Waals surface area contributed by atoms with Crippen molar-refractivity contribution < 1.29 is 4.79 Å². The van der Waals surface area contributed by atoms with Gasteiger partial charge in [0, 0.05) is 38.9 Å². The highest BCUT2D eigenvalue weighted by molar-refractivity contribution is 5.73. The number of carbonyl (C=O) groups excluding carboxylic acids is 1. The van der Waals surface area contributed by atoms with Gasteiger partial charge < -0.3 is 15.1 Å². The van der Waals surface area contributed by atoms with E-state index < -0.39 is 0 Å². The highest BCUT2D eigenvalue weighted by atomic mass is 16.2. The van der Waals surface area contributed by atoms with Gasteiger partial charge in [0.1, 0.15) is 0 Å². The summed E-state index contributed by atoms with van der Waals surface area (Å²) in [6.07, 6.45) is 2.05. The molecule has 1 aromatic rings. The van der Waals surface area contributed by atoms with Crippen LogP contribution in [0.5, 0.6) is 0 Å². The van der Waals surface area contributed by atoms with Crippen molar-refractivity contribution in [2.75, 3.05) is 40.3 Å². The molecular formula is C17H31N5O. The van der Waals surface area contributed by atoms with Crippen LogP contribution in [0, 0.1) is 19.3 Å². The lowest BCUT2D eigenvalue weighted by molar-refractivity contribution is 0.199. The largest absolute Gasteiger partial charge is 0.337 e. The summed E-state index contributed by atoms with van der Waals surface area (Å²) in [5, 5.41) is 7.54. The molecule has 130 valence electrons. The third kappa shape index (κ3) is 4.96. The molecule has 0 aliphatic carbocycles. The number of amides is 2. The van der Waals surface area contributed by atoms with Crippen molar-refractivity contribution in [1.29, 1.82) is 0 Å². The minimum Gasteiger partial charge on any atom is -0.337 e. The van der Waals surface area contributed by atoms with E-state index in [2.05, 4.69) is 42.3 Å². The SMILES string of the molecule is Cc1cc(C)n(CCCN(C)C(=O)NCC2(C)CCN(C)C2)n1. The van der Waals surface area contributed by atoms with Gasteiger partial charge in [0.25, 0.3) is 0 Å². The molecule has 1 fully saturated rings. The zero-order valence-corrected chi connectivity index (χ0v) is 15.2. The Hall–Kier alpha value is -1.56. The summed E-state index contributed by atoms with van der Waals surface area (Å²) in [6.45, 7) is 10.8. The first-order valence-corrected chi connectivity index (χ1v) is 8.48. The van der Waals surface area contributed by atoms with E-state index in [-0.39, 0.29) is 11.4 Å². The monoisotopic (exact) mass is 321 g/mol. The fourth-order valence-corrected chi connectivity index (χ4v) is 3.30. The van der Waals surface area contributed by atoms with Crippen LogP contribution in [0.15, 0.2) is 6.07 Å². The molecule has 0 spiro atoms. The number of rotatable bonds is 6. The van der Waals surface area contributed by atoms with E-state index >= 15 is 0 Å². The van der Waals surface area contributed by atoms with Crippen molar-refractivity contribution in [2.45, 2.75) is 40.2 Å². The number of aromatic nitrogens is 2. The number of aryl methyl sites for hydroxylation is 3. The van der Waals surface area contributed by atoms with E-state index in [4.69, 9.17) is 0 Å². The molecule has 1 saturated heterocycles. The molecule has 1 aliphatic rings. The highest BCUT2D eigenvalue weighted by Crippen LogP contribution is 2.27. The van der Waals surface area contributed by atoms with Crippen LogP contribution in [0.3, 0.4) is 0 Å². The van der Waals surface area contributed by atoms with Crippen molar-refractivity contribution in [3.63, 3.8) is 0 Å². The first-order chi connectivity index (χ1) is 10.8. The van der Waals surface area contributed by atoms with E-state index in [0.29, 0.717) is 0 Å². The molecule has 6 nitrogen and oxygen atoms in total. The van der Waals surface area contributed by atoms with Crippen LogP contribution in [0.4, 0.5) is 4.79 Å². The molecule has 2 heterocycles. The molecule has 1 aliphatic heterocycles. The Bertz CT molecular complexity index is 541. The minimum atomic E-state index is 0.0224. The third-order valence-electron chi connectivity index (χ3n) is 4.73. The number of nitrogens with zero attached hydrogens (tertiary/aromatic N) is 4. The molecular weight excluding hydrogens is 290 g/mol. The highest BCUT2D eigenvalue weighted by Gasteiger charge is 2.32. The third-order valence-corrected chi connectivity index (χ3v) is 4.73. The fourth-order valence-electron chi connectivity index (χ4n) is 3.30. The van der Waals surface area contributed by atoms with Crippen LogP contribution >= 0.6 is 0 Å². The first kappa shape index (κ1) is 17.8. The normalized spacial score (nSPS) is 21.6. The quantitative estimate of drug-likeness (QED) is 0.870. The van der Waals surface area contributed by atoms with E-state index in [1.165, 1.54) is 5.69 Å². The summed E-state index contributed by atoms with van der Waals surface area (Å²) in [6, 6.07) is 2.10. The van der Waals surface area contributed by atoms with Crippen LogP contribution in [0.1, 0.15) is 31.2 Å². The molecule has 1 aromatic heterocycles. The Balaban J connectivity index is 1.69. The number of likely N-dealkylation sites (tertiary alicyclic amines) is 1. The first-order valence-electron chi connectivity index (χ1n) is 8.48. The van der Waals surface area contributed by atoms with Gasteiger partial charge in [0.05, 0.1) is 5.69 Å². The lowest BCUT2D eigenvalue weighted by atomic mass is 9.90. The average Bonchev–Trinajstić information content (AvgIpc) is 2.98. The number of hydrogen-bond acceptors (Lipinski definition) is 3. The summed E-state index contributed by atoms with van der Waals surface area (Å²) in [4.78, 5) is 16.3. The van der Waals surface area contributed by atoms with Crippen molar-refractivity contribution >= 4 is 6.03 Å². The average molecular weight is 321 g/mol. The summed E-state index contributed by atoms with van der Waals surface area (Å²) in [7, 11) is 4.00. The molecule has 0 radical (unpaired) electrons. The van der Waals surface area contributed by atoms with E-state index in [9.17, 15) is 4.79 Å². The van der Waals surface area contributed by atoms with Gasteiger partial charge in [-0.1, -0.05) is 6.92 Å². The number of urea groups is 1. The van der Waals surface area contributed by atoms with E-state index in [0.717, 1.165) is 51.3 Å². The zero-order chi connectivity index (χ0) is 17.0. The molecule has 1 unspecified atom stereocenters. The second-order valence-electron chi connectivity index (χ2n) is 7.38. The Morgan fingerprint density at radius 1 is 1.48 bits per heavy atom. The van der Waals surface area contributed by atoms with Gasteiger partial charge in [-0.05, 0) is 51.8 Å². The number of nitrogens with one attached hydrogen (secondary N) is 1. The van der Waals surface area contributed by atoms with Crippen LogP contribution in [0.25, 0.3) is 0 Å². The predicted octanol–water partition coefficient (Wildman–Crippen LogP) is 1.87. The molecule has 6 heteroatoms. The Labute approximate surface area is 139 Å². The summed E-state index contributed by atoms with van der Waals surface area (Å²) < 4.78 is 2.01. The Morgan fingerprint density at radius 2 is 2.22 bits per heavy atom. The second kappa shape index (κ2) is 7.34. The Kier molecular flexibility index (Phi) is 5.68. The zero-order valence-electron chi connectivity index (χ0n) is 15.2. The minimum absolute atomic E-state index is 0.0224. The lowest BCUT2D eigenvalue weighted by Crippen LogP contribution is -2.43. The maximum absolute atomic E-state index is 12.2. The molecule has 1 atom stereocenters. The molecule has 0 bridgehead atoms. The van der Waals surface area contributed by atoms with Crippen LogP contribution in [0.2, 0.25) is 0 Å². The fraction of sp³-hybridized carbons (Fsp3) is 0.765. The summed E-state index contributed by atoms with van der Waals surface area (Å²) >= 11 is 0. The van der Waals surface area contributed by atoms with Crippen LogP contribution < -0.4 is 5.32 Å². The molecule has 2 rings (SSSR count). The Morgan fingerprint density at radius 3 is 2.78 bits per heavy atom. The van der Waals surface area contributed by atoms with Crippen molar-refractivity contribution in [3.8, 4) is 0 Å². The predicted molar refractivity (Wildman–Crippen MR) is 92.6 cm³/mol. The van der Waals surface area contributed by atoms with Gasteiger partial charge in [-0.2, -0.15) is 5.10 Å². The van der Waals surface area contributed by atoms with Gasteiger partial charge in [0.15, 0.2) is 0 Å². The maximum Gasteiger partial charge on any atom is 0.317 e. The number of carbonyl (C=O) groups is 1. The van der Waals surface area contributed by atoms with Gasteiger partial charge >= 0.3 is 6.03 Å². The summed E-state index contributed by atoms with van der Waals surface area (Å²) in [5.74, 6) is 0. The van der Waals surface area contributed by atoms with Crippen molar-refractivity contribution in [1.82, 2.24) is 24.9 Å². The van der Waals surface area contributed by atoms with Crippen molar-refractivity contribution in [3.05, 3.63) is 17.5 Å². The second-order valence-corrected chi connectivity index (χ2v) is 7.38. The van der Waals surface area contributed by atoms with Crippen molar-refractivity contribution in [2.24, 2.45) is 5.41 Å². The maximum atomic E-state index is 12.2. The van der Waals surface area contributed by atoms with Crippen LogP contribution in [-0.2, 0) is 6.54 Å².